The van der Waals surface area contributed by atoms with Crippen molar-refractivity contribution in [3.63, 3.8) is 0 Å². The Balaban J connectivity index is 1.59. The fraction of sp³-hybridized carbons (Fsp3) is 0.318. The minimum atomic E-state index is -0.350. The predicted octanol–water partition coefficient (Wildman–Crippen LogP) is 4.70. The van der Waals surface area contributed by atoms with Crippen LogP contribution < -0.4 is 10.1 Å². The van der Waals surface area contributed by atoms with Crippen LogP contribution in [0.1, 0.15) is 36.9 Å². The highest BCUT2D eigenvalue weighted by molar-refractivity contribution is 7.99. The molecule has 0 unspecified atom stereocenters. The summed E-state index contributed by atoms with van der Waals surface area (Å²) in [5.74, 6) is 0.978. The Kier molecular flexibility index (Phi) is 7.10. The summed E-state index contributed by atoms with van der Waals surface area (Å²) >= 11 is 1.26. The molecule has 0 saturated heterocycles. The lowest BCUT2D eigenvalue weighted by atomic mass is 10.2. The van der Waals surface area contributed by atoms with Crippen LogP contribution in [0.4, 0.5) is 10.1 Å². The molecule has 1 heterocycles. The normalized spacial score (nSPS) is 11.9. The molecule has 8 heteroatoms. The third kappa shape index (κ3) is 5.18. The summed E-state index contributed by atoms with van der Waals surface area (Å²) in [6.07, 6.45) is 0.680. The molecule has 1 N–H and O–H groups in total. The number of nitrogens with zero attached hydrogens (tertiary/aromatic N) is 3. The zero-order valence-electron chi connectivity index (χ0n) is 17.5. The molecule has 0 radical (unpaired) electrons. The summed E-state index contributed by atoms with van der Waals surface area (Å²) in [6, 6.07) is 12.6. The van der Waals surface area contributed by atoms with Crippen LogP contribution in [-0.4, -0.2) is 26.4 Å². The lowest BCUT2D eigenvalue weighted by Crippen LogP contribution is -2.16. The zero-order chi connectivity index (χ0) is 21.7. The molecule has 0 aliphatic rings. The standard InChI is InChI=1S/C22H25FN4O2S/c1-5-16-9-11-17(12-10-16)29-15(3)21-25-26-22(27(21)4)30-13-20(28)24-19-8-6-7-18(23)14(19)2/h6-12,15H,5,13H2,1-4H3,(H,24,28)/t15-/m0/s1. The van der Waals surface area contributed by atoms with Gasteiger partial charge in [0.25, 0.3) is 0 Å². The first-order chi connectivity index (χ1) is 14.4. The van der Waals surface area contributed by atoms with Crippen molar-refractivity contribution in [1.82, 2.24) is 14.8 Å². The van der Waals surface area contributed by atoms with Gasteiger partial charge in [-0.3, -0.25) is 4.79 Å². The third-order valence-corrected chi connectivity index (χ3v) is 5.77. The molecule has 0 bridgehead atoms. The maximum Gasteiger partial charge on any atom is 0.234 e. The van der Waals surface area contributed by atoms with Gasteiger partial charge in [-0.1, -0.05) is 36.9 Å². The Morgan fingerprint density at radius 1 is 1.23 bits per heavy atom. The number of ether oxygens (including phenoxy) is 1. The van der Waals surface area contributed by atoms with Crippen LogP contribution in [0, 0.1) is 12.7 Å². The van der Waals surface area contributed by atoms with Crippen molar-refractivity contribution >= 4 is 23.4 Å². The van der Waals surface area contributed by atoms with Crippen molar-refractivity contribution in [2.75, 3.05) is 11.1 Å². The number of thioether (sulfide) groups is 1. The topological polar surface area (TPSA) is 69.0 Å². The number of anilines is 1. The molecule has 1 aromatic heterocycles. The average Bonchev–Trinajstić information content (AvgIpc) is 3.11. The molecule has 3 aromatic rings. The quantitative estimate of drug-likeness (QED) is 0.527. The SMILES string of the molecule is CCc1ccc(O[C@@H](C)c2nnc(SCC(=O)Nc3cccc(F)c3C)n2C)cc1. The number of benzene rings is 2. The summed E-state index contributed by atoms with van der Waals surface area (Å²) < 4.78 is 21.4. The molecule has 0 aliphatic carbocycles. The zero-order valence-corrected chi connectivity index (χ0v) is 18.3. The minimum Gasteiger partial charge on any atom is -0.483 e. The van der Waals surface area contributed by atoms with Crippen molar-refractivity contribution in [1.29, 1.82) is 0 Å². The van der Waals surface area contributed by atoms with Crippen LogP contribution in [0.5, 0.6) is 5.75 Å². The molecular weight excluding hydrogens is 403 g/mol. The molecule has 0 spiro atoms. The molecule has 2 aromatic carbocycles. The predicted molar refractivity (Wildman–Crippen MR) is 116 cm³/mol. The number of carbonyl (C=O) groups is 1. The van der Waals surface area contributed by atoms with Gasteiger partial charge in [-0.2, -0.15) is 0 Å². The number of amides is 1. The summed E-state index contributed by atoms with van der Waals surface area (Å²) in [7, 11) is 1.84. The molecule has 3 rings (SSSR count). The number of aromatic nitrogens is 3. The maximum atomic E-state index is 13.6. The van der Waals surface area contributed by atoms with E-state index in [1.54, 1.807) is 19.1 Å². The van der Waals surface area contributed by atoms with E-state index in [1.807, 2.05) is 42.8 Å². The summed E-state index contributed by atoms with van der Waals surface area (Å²) in [5, 5.41) is 11.7. The number of hydrogen-bond donors (Lipinski definition) is 1. The molecule has 0 aliphatic heterocycles. The van der Waals surface area contributed by atoms with Gasteiger partial charge in [-0.25, -0.2) is 4.39 Å². The number of rotatable bonds is 8. The Morgan fingerprint density at radius 2 is 1.97 bits per heavy atom. The van der Waals surface area contributed by atoms with E-state index in [0.29, 0.717) is 22.2 Å². The van der Waals surface area contributed by atoms with Gasteiger partial charge in [0.2, 0.25) is 5.91 Å². The van der Waals surface area contributed by atoms with E-state index in [1.165, 1.54) is 23.4 Å². The van der Waals surface area contributed by atoms with Crippen LogP contribution in [-0.2, 0) is 18.3 Å². The van der Waals surface area contributed by atoms with Gasteiger partial charge in [-0.15, -0.1) is 10.2 Å². The van der Waals surface area contributed by atoms with Crippen molar-refractivity contribution in [3.05, 3.63) is 65.2 Å². The highest BCUT2D eigenvalue weighted by Gasteiger charge is 2.18. The number of aryl methyl sites for hydroxylation is 1. The number of halogens is 1. The maximum absolute atomic E-state index is 13.6. The average molecular weight is 429 g/mol. The van der Waals surface area contributed by atoms with Gasteiger partial charge in [0.1, 0.15) is 11.6 Å². The first-order valence-electron chi connectivity index (χ1n) is 9.71. The smallest absolute Gasteiger partial charge is 0.234 e. The third-order valence-electron chi connectivity index (χ3n) is 4.75. The van der Waals surface area contributed by atoms with Crippen LogP contribution in [0.3, 0.4) is 0 Å². The molecule has 30 heavy (non-hydrogen) atoms. The van der Waals surface area contributed by atoms with E-state index in [2.05, 4.69) is 22.4 Å². The minimum absolute atomic E-state index is 0.135. The van der Waals surface area contributed by atoms with Crippen LogP contribution in [0.15, 0.2) is 47.6 Å². The number of hydrogen-bond acceptors (Lipinski definition) is 5. The lowest BCUT2D eigenvalue weighted by Gasteiger charge is -2.14. The molecule has 1 atom stereocenters. The van der Waals surface area contributed by atoms with E-state index in [0.717, 1.165) is 12.2 Å². The lowest BCUT2D eigenvalue weighted by molar-refractivity contribution is -0.113. The van der Waals surface area contributed by atoms with Crippen molar-refractivity contribution in [3.8, 4) is 5.75 Å². The van der Waals surface area contributed by atoms with Gasteiger partial charge in [0, 0.05) is 18.3 Å². The molecule has 6 nitrogen and oxygen atoms in total. The summed E-state index contributed by atoms with van der Waals surface area (Å²) in [5.41, 5.74) is 2.13. The van der Waals surface area contributed by atoms with Gasteiger partial charge in [0.05, 0.1) is 5.75 Å². The van der Waals surface area contributed by atoms with Gasteiger partial charge >= 0.3 is 0 Å². The van der Waals surface area contributed by atoms with Crippen molar-refractivity contribution < 1.29 is 13.9 Å². The van der Waals surface area contributed by atoms with E-state index < -0.39 is 0 Å². The van der Waals surface area contributed by atoms with Crippen LogP contribution >= 0.6 is 11.8 Å². The number of nitrogens with one attached hydrogen (secondary N) is 1. The van der Waals surface area contributed by atoms with E-state index in [-0.39, 0.29) is 23.6 Å². The van der Waals surface area contributed by atoms with Crippen LogP contribution in [0.2, 0.25) is 0 Å². The second kappa shape index (κ2) is 9.75. The van der Waals surface area contributed by atoms with Gasteiger partial charge < -0.3 is 14.6 Å². The van der Waals surface area contributed by atoms with E-state index >= 15 is 0 Å². The molecular formula is C22H25FN4O2S. The van der Waals surface area contributed by atoms with Gasteiger partial charge in [0.15, 0.2) is 17.1 Å². The van der Waals surface area contributed by atoms with Crippen molar-refractivity contribution in [2.24, 2.45) is 7.05 Å². The van der Waals surface area contributed by atoms with Gasteiger partial charge in [-0.05, 0) is 50.1 Å². The Hall–Kier alpha value is -2.87. The Labute approximate surface area is 179 Å². The highest BCUT2D eigenvalue weighted by Crippen LogP contribution is 2.24. The van der Waals surface area contributed by atoms with E-state index in [9.17, 15) is 9.18 Å². The first-order valence-corrected chi connectivity index (χ1v) is 10.7. The molecule has 1 amide bonds. The molecule has 0 saturated carbocycles. The van der Waals surface area contributed by atoms with Crippen molar-refractivity contribution in [2.45, 2.75) is 38.5 Å². The Bertz CT molecular complexity index is 1020. The first kappa shape index (κ1) is 21.8. The fourth-order valence-electron chi connectivity index (χ4n) is 2.93. The Morgan fingerprint density at radius 3 is 2.67 bits per heavy atom. The second-order valence-electron chi connectivity index (χ2n) is 6.91. The second-order valence-corrected chi connectivity index (χ2v) is 7.85. The molecule has 158 valence electrons. The fourth-order valence-corrected chi connectivity index (χ4v) is 3.64. The monoisotopic (exact) mass is 428 g/mol. The summed E-state index contributed by atoms with van der Waals surface area (Å²) in [4.78, 5) is 12.3. The van der Waals surface area contributed by atoms with Crippen LogP contribution in [0.25, 0.3) is 0 Å². The summed E-state index contributed by atoms with van der Waals surface area (Å²) in [6.45, 7) is 5.65. The molecule has 0 fully saturated rings. The van der Waals surface area contributed by atoms with E-state index in [4.69, 9.17) is 4.74 Å². The highest BCUT2D eigenvalue weighted by atomic mass is 32.2. The number of carbonyl (C=O) groups excluding carboxylic acids is 1. The largest absolute Gasteiger partial charge is 0.483 e.